The van der Waals surface area contributed by atoms with Crippen LogP contribution in [-0.4, -0.2) is 22.6 Å². The van der Waals surface area contributed by atoms with Crippen molar-refractivity contribution < 1.29 is 9.32 Å². The van der Waals surface area contributed by atoms with E-state index in [1.54, 1.807) is 23.6 Å². The molecule has 0 aliphatic carbocycles. The van der Waals surface area contributed by atoms with E-state index in [1.807, 2.05) is 31.4 Å². The number of carbonyl (C=O) groups excluding carboxylic acids is 1. The first-order chi connectivity index (χ1) is 12.1. The second-order valence-electron chi connectivity index (χ2n) is 5.53. The lowest BCUT2D eigenvalue weighted by Crippen LogP contribution is -2.26. The minimum atomic E-state index is -0.0917. The Labute approximate surface area is 154 Å². The Balaban J connectivity index is 1.62. The van der Waals surface area contributed by atoms with Crippen LogP contribution >= 0.6 is 23.1 Å². The molecule has 0 unspecified atom stereocenters. The fourth-order valence-corrected chi connectivity index (χ4v) is 4.23. The first kappa shape index (κ1) is 17.7. The molecule has 3 aromatic rings. The maximum Gasteiger partial charge on any atom is 0.254 e. The molecule has 1 N–H and O–H groups in total. The van der Waals surface area contributed by atoms with Gasteiger partial charge in [0.25, 0.3) is 5.91 Å². The van der Waals surface area contributed by atoms with Gasteiger partial charge in [-0.05, 0) is 43.8 Å². The van der Waals surface area contributed by atoms with Gasteiger partial charge in [-0.25, -0.2) is 4.98 Å². The van der Waals surface area contributed by atoms with Gasteiger partial charge in [-0.15, -0.1) is 23.1 Å². The zero-order chi connectivity index (χ0) is 17.6. The largest absolute Gasteiger partial charge is 0.361 e. The number of thioether (sulfide) groups is 1. The van der Waals surface area contributed by atoms with E-state index in [9.17, 15) is 4.79 Å². The maximum atomic E-state index is 12.5. The Morgan fingerprint density at radius 2 is 2.20 bits per heavy atom. The van der Waals surface area contributed by atoms with Gasteiger partial charge in [0.1, 0.15) is 10.8 Å². The molecule has 0 fully saturated rings. The Hall–Kier alpha value is -2.12. The Bertz CT molecular complexity index is 824. The van der Waals surface area contributed by atoms with E-state index in [0.29, 0.717) is 17.9 Å². The summed E-state index contributed by atoms with van der Waals surface area (Å²) >= 11 is 3.22. The molecule has 0 radical (unpaired) electrons. The van der Waals surface area contributed by atoms with Crippen LogP contribution < -0.4 is 5.32 Å². The minimum Gasteiger partial charge on any atom is -0.361 e. The molecular weight excluding hydrogens is 354 g/mol. The zero-order valence-electron chi connectivity index (χ0n) is 14.1. The number of hydrogen-bond donors (Lipinski definition) is 1. The molecular formula is C18H19N3O2S2. The second kappa shape index (κ2) is 8.31. The molecule has 0 atom stereocenters. The number of nitrogens with one attached hydrogen (secondary N) is 1. The average Bonchev–Trinajstić information content (AvgIpc) is 3.24. The summed E-state index contributed by atoms with van der Waals surface area (Å²) in [4.78, 5) is 18.1. The number of nitrogens with zero attached hydrogens (tertiary/aromatic N) is 2. The van der Waals surface area contributed by atoms with Gasteiger partial charge in [-0.3, -0.25) is 4.79 Å². The van der Waals surface area contributed by atoms with Gasteiger partial charge >= 0.3 is 0 Å². The van der Waals surface area contributed by atoms with Gasteiger partial charge in [-0.1, -0.05) is 11.2 Å². The van der Waals surface area contributed by atoms with Crippen LogP contribution in [0.5, 0.6) is 0 Å². The Morgan fingerprint density at radius 3 is 2.92 bits per heavy atom. The van der Waals surface area contributed by atoms with Gasteiger partial charge in [0.15, 0.2) is 0 Å². The van der Waals surface area contributed by atoms with Crippen LogP contribution in [0.4, 0.5) is 0 Å². The van der Waals surface area contributed by atoms with Crippen LogP contribution in [0.3, 0.4) is 0 Å². The van der Waals surface area contributed by atoms with Gasteiger partial charge in [0.2, 0.25) is 0 Å². The van der Waals surface area contributed by atoms with Gasteiger partial charge < -0.3 is 9.84 Å². The van der Waals surface area contributed by atoms with Gasteiger partial charge in [-0.2, -0.15) is 0 Å². The van der Waals surface area contributed by atoms with Gasteiger partial charge in [0.05, 0.1) is 11.3 Å². The number of carbonyl (C=O) groups is 1. The molecule has 1 amide bonds. The first-order valence-corrected chi connectivity index (χ1v) is 9.82. The molecule has 25 heavy (non-hydrogen) atoms. The number of aromatic nitrogens is 2. The first-order valence-electron chi connectivity index (χ1n) is 7.95. The number of amides is 1. The number of aryl methyl sites for hydroxylation is 2. The summed E-state index contributed by atoms with van der Waals surface area (Å²) in [6, 6.07) is 7.69. The molecule has 3 rings (SSSR count). The molecule has 130 valence electrons. The number of hydrogen-bond acceptors (Lipinski definition) is 6. The highest BCUT2D eigenvalue weighted by Gasteiger charge is 2.15. The fourth-order valence-electron chi connectivity index (χ4n) is 2.38. The van der Waals surface area contributed by atoms with Crippen LogP contribution in [0.2, 0.25) is 0 Å². The quantitative estimate of drug-likeness (QED) is 0.634. The molecule has 5 nitrogen and oxygen atoms in total. The molecule has 0 bridgehead atoms. The van der Waals surface area contributed by atoms with Crippen LogP contribution in [0, 0.1) is 13.8 Å². The van der Waals surface area contributed by atoms with Crippen molar-refractivity contribution in [1.29, 1.82) is 0 Å². The van der Waals surface area contributed by atoms with Crippen molar-refractivity contribution in [1.82, 2.24) is 15.5 Å². The fraction of sp³-hybridized carbons (Fsp3) is 0.278. The molecule has 3 heterocycles. The van der Waals surface area contributed by atoms with Crippen molar-refractivity contribution in [2.75, 3.05) is 6.54 Å². The lowest BCUT2D eigenvalue weighted by atomic mass is 10.2. The van der Waals surface area contributed by atoms with Crippen molar-refractivity contribution in [3.05, 3.63) is 63.3 Å². The summed E-state index contributed by atoms with van der Waals surface area (Å²) in [5, 5.41) is 9.70. The van der Waals surface area contributed by atoms with Gasteiger partial charge in [0, 0.05) is 28.9 Å². The summed E-state index contributed by atoms with van der Waals surface area (Å²) in [6.45, 7) is 4.43. The minimum absolute atomic E-state index is 0.0917. The van der Waals surface area contributed by atoms with E-state index in [2.05, 4.69) is 21.5 Å². The van der Waals surface area contributed by atoms with E-state index in [1.165, 1.54) is 16.6 Å². The third-order valence-corrected chi connectivity index (χ3v) is 5.76. The molecule has 7 heteroatoms. The lowest BCUT2D eigenvalue weighted by Gasteiger charge is -2.08. The third-order valence-electron chi connectivity index (χ3n) is 3.79. The Kier molecular flexibility index (Phi) is 5.88. The molecule has 0 aliphatic rings. The summed E-state index contributed by atoms with van der Waals surface area (Å²) in [5.74, 6) is 1.39. The smallest absolute Gasteiger partial charge is 0.254 e. The third kappa shape index (κ3) is 4.49. The molecule has 3 aromatic heterocycles. The van der Waals surface area contributed by atoms with E-state index in [4.69, 9.17) is 4.52 Å². The standard InChI is InChI=1S/C18H19N3O2S2/c1-12-16(13(2)23-21-12)11-25-18-15(6-3-8-20-18)17(22)19-9-7-14-5-4-10-24-14/h3-6,8,10H,7,9,11H2,1-2H3,(H,19,22). The lowest BCUT2D eigenvalue weighted by molar-refractivity contribution is 0.0950. The topological polar surface area (TPSA) is 68.0 Å². The van der Waals surface area contributed by atoms with Crippen LogP contribution in [0.25, 0.3) is 0 Å². The summed E-state index contributed by atoms with van der Waals surface area (Å²) < 4.78 is 5.19. The predicted octanol–water partition coefficient (Wildman–Crippen LogP) is 4.01. The predicted molar refractivity (Wildman–Crippen MR) is 100 cm³/mol. The highest BCUT2D eigenvalue weighted by atomic mass is 32.2. The van der Waals surface area contributed by atoms with Crippen molar-refractivity contribution in [3.8, 4) is 0 Å². The van der Waals surface area contributed by atoms with Crippen molar-refractivity contribution >= 4 is 29.0 Å². The summed E-state index contributed by atoms with van der Waals surface area (Å²) in [6.07, 6.45) is 2.54. The molecule has 0 aromatic carbocycles. The summed E-state index contributed by atoms with van der Waals surface area (Å²) in [5.41, 5.74) is 2.54. The van der Waals surface area contributed by atoms with Crippen molar-refractivity contribution in [3.63, 3.8) is 0 Å². The average molecular weight is 374 g/mol. The number of pyridine rings is 1. The van der Waals surface area contributed by atoms with E-state index < -0.39 is 0 Å². The van der Waals surface area contributed by atoms with Crippen LogP contribution in [-0.2, 0) is 12.2 Å². The van der Waals surface area contributed by atoms with Crippen molar-refractivity contribution in [2.24, 2.45) is 0 Å². The van der Waals surface area contributed by atoms with Crippen LogP contribution in [0.1, 0.15) is 32.3 Å². The SMILES string of the molecule is Cc1noc(C)c1CSc1ncccc1C(=O)NCCc1cccs1. The monoisotopic (exact) mass is 373 g/mol. The zero-order valence-corrected chi connectivity index (χ0v) is 15.7. The van der Waals surface area contributed by atoms with Crippen LogP contribution in [0.15, 0.2) is 45.4 Å². The Morgan fingerprint density at radius 1 is 1.32 bits per heavy atom. The molecule has 0 saturated heterocycles. The van der Waals surface area contributed by atoms with E-state index in [-0.39, 0.29) is 5.91 Å². The number of rotatable bonds is 7. The second-order valence-corrected chi connectivity index (χ2v) is 7.53. The van der Waals surface area contributed by atoms with E-state index in [0.717, 1.165) is 28.5 Å². The molecule has 0 spiro atoms. The highest BCUT2D eigenvalue weighted by Crippen LogP contribution is 2.27. The van der Waals surface area contributed by atoms with Crippen molar-refractivity contribution in [2.45, 2.75) is 31.0 Å². The maximum absolute atomic E-state index is 12.5. The summed E-state index contributed by atoms with van der Waals surface area (Å²) in [7, 11) is 0. The molecule has 0 aliphatic heterocycles. The molecule has 0 saturated carbocycles. The van der Waals surface area contributed by atoms with E-state index >= 15 is 0 Å². The highest BCUT2D eigenvalue weighted by molar-refractivity contribution is 7.98. The number of thiophene rings is 1. The normalized spacial score (nSPS) is 10.8.